The average molecular weight is 339 g/mol. The summed E-state index contributed by atoms with van der Waals surface area (Å²) in [5.41, 5.74) is 1.92. The highest BCUT2D eigenvalue weighted by Gasteiger charge is 2.07. The first-order chi connectivity index (χ1) is 9.54. The lowest BCUT2D eigenvalue weighted by Crippen LogP contribution is -2.22. The van der Waals surface area contributed by atoms with Crippen LogP contribution in [0.3, 0.4) is 0 Å². The van der Waals surface area contributed by atoms with Crippen LogP contribution in [0.5, 0.6) is 5.75 Å². The van der Waals surface area contributed by atoms with Crippen molar-refractivity contribution in [1.82, 2.24) is 10.5 Å². The summed E-state index contributed by atoms with van der Waals surface area (Å²) in [5.74, 6) is 1.66. The standard InChI is InChI=1S/C15H19BrN2O2/c1-10(2)17-8-12-7-13(16)4-5-15(12)19-9-14-6-11(3)20-18-14/h4-7,10,17H,8-9H2,1-3H3. The van der Waals surface area contributed by atoms with Gasteiger partial charge in [0.1, 0.15) is 23.8 Å². The summed E-state index contributed by atoms with van der Waals surface area (Å²) in [6.07, 6.45) is 0. The van der Waals surface area contributed by atoms with Gasteiger partial charge in [0.15, 0.2) is 0 Å². The lowest BCUT2D eigenvalue weighted by molar-refractivity contribution is 0.284. The number of ether oxygens (including phenoxy) is 1. The lowest BCUT2D eigenvalue weighted by atomic mass is 10.2. The number of aryl methyl sites for hydroxylation is 1. The van der Waals surface area contributed by atoms with Gasteiger partial charge in [0, 0.05) is 28.7 Å². The summed E-state index contributed by atoms with van der Waals surface area (Å²) in [7, 11) is 0. The molecule has 0 radical (unpaired) electrons. The first kappa shape index (κ1) is 15.1. The molecule has 1 heterocycles. The molecule has 0 aliphatic carbocycles. The molecular formula is C15H19BrN2O2. The molecule has 0 fully saturated rings. The van der Waals surface area contributed by atoms with E-state index >= 15 is 0 Å². The maximum atomic E-state index is 5.84. The zero-order valence-electron chi connectivity index (χ0n) is 11.9. The van der Waals surface area contributed by atoms with Crippen molar-refractivity contribution in [1.29, 1.82) is 0 Å². The molecule has 0 spiro atoms. The molecule has 0 saturated heterocycles. The van der Waals surface area contributed by atoms with Crippen LogP contribution in [0.2, 0.25) is 0 Å². The van der Waals surface area contributed by atoms with Gasteiger partial charge in [-0.3, -0.25) is 0 Å². The first-order valence-corrected chi connectivity index (χ1v) is 7.40. The first-order valence-electron chi connectivity index (χ1n) is 6.61. The minimum absolute atomic E-state index is 0.410. The predicted molar refractivity (Wildman–Crippen MR) is 81.7 cm³/mol. The molecule has 2 rings (SSSR count). The molecule has 0 saturated carbocycles. The largest absolute Gasteiger partial charge is 0.487 e. The van der Waals surface area contributed by atoms with Crippen molar-refractivity contribution >= 4 is 15.9 Å². The number of halogens is 1. The van der Waals surface area contributed by atoms with Crippen LogP contribution in [0.15, 0.2) is 33.3 Å². The Bertz CT molecular complexity index is 567. The number of rotatable bonds is 6. The third kappa shape index (κ3) is 4.35. The van der Waals surface area contributed by atoms with Gasteiger partial charge in [-0.05, 0) is 25.1 Å². The van der Waals surface area contributed by atoms with E-state index in [1.165, 1.54) is 0 Å². The van der Waals surface area contributed by atoms with Crippen LogP contribution < -0.4 is 10.1 Å². The van der Waals surface area contributed by atoms with Crippen molar-refractivity contribution in [2.45, 2.75) is 40.0 Å². The van der Waals surface area contributed by atoms with Gasteiger partial charge in [0.25, 0.3) is 0 Å². The van der Waals surface area contributed by atoms with Gasteiger partial charge in [-0.2, -0.15) is 0 Å². The number of hydrogen-bond donors (Lipinski definition) is 1. The molecule has 0 bridgehead atoms. The maximum absolute atomic E-state index is 5.84. The Morgan fingerprint density at radius 2 is 2.15 bits per heavy atom. The van der Waals surface area contributed by atoms with Gasteiger partial charge in [-0.1, -0.05) is 34.9 Å². The number of nitrogens with one attached hydrogen (secondary N) is 1. The molecule has 0 aliphatic heterocycles. The van der Waals surface area contributed by atoms with Gasteiger partial charge in [0.2, 0.25) is 0 Å². The Hall–Kier alpha value is -1.33. The molecule has 20 heavy (non-hydrogen) atoms. The van der Waals surface area contributed by atoms with Gasteiger partial charge in [0.05, 0.1) is 0 Å². The van der Waals surface area contributed by atoms with E-state index in [-0.39, 0.29) is 0 Å². The summed E-state index contributed by atoms with van der Waals surface area (Å²) in [6, 6.07) is 8.32. The molecule has 1 N–H and O–H groups in total. The fraction of sp³-hybridized carbons (Fsp3) is 0.400. The summed E-state index contributed by atoms with van der Waals surface area (Å²) in [5, 5.41) is 7.32. The molecular weight excluding hydrogens is 320 g/mol. The van der Waals surface area contributed by atoms with Crippen LogP contribution in [0, 0.1) is 6.92 Å². The highest BCUT2D eigenvalue weighted by atomic mass is 79.9. The molecule has 0 atom stereocenters. The third-order valence-electron chi connectivity index (χ3n) is 2.78. The van der Waals surface area contributed by atoms with E-state index in [0.717, 1.165) is 33.8 Å². The Labute approximate surface area is 127 Å². The fourth-order valence-corrected chi connectivity index (χ4v) is 2.19. The van der Waals surface area contributed by atoms with E-state index < -0.39 is 0 Å². The summed E-state index contributed by atoms with van der Waals surface area (Å²) in [4.78, 5) is 0. The number of benzene rings is 1. The number of aromatic nitrogens is 1. The van der Waals surface area contributed by atoms with E-state index in [1.807, 2.05) is 25.1 Å². The quantitative estimate of drug-likeness (QED) is 0.869. The fourth-order valence-electron chi connectivity index (χ4n) is 1.78. The van der Waals surface area contributed by atoms with Crippen molar-refractivity contribution in [3.05, 3.63) is 45.8 Å². The Morgan fingerprint density at radius 1 is 1.35 bits per heavy atom. The highest BCUT2D eigenvalue weighted by molar-refractivity contribution is 9.10. The van der Waals surface area contributed by atoms with Gasteiger partial charge in [-0.25, -0.2) is 0 Å². The second kappa shape index (κ2) is 6.90. The van der Waals surface area contributed by atoms with Crippen LogP contribution in [-0.2, 0) is 13.2 Å². The van der Waals surface area contributed by atoms with Crippen LogP contribution in [0.25, 0.3) is 0 Å². The van der Waals surface area contributed by atoms with Gasteiger partial charge < -0.3 is 14.6 Å². The monoisotopic (exact) mass is 338 g/mol. The van der Waals surface area contributed by atoms with Crippen molar-refractivity contribution in [3.8, 4) is 5.75 Å². The van der Waals surface area contributed by atoms with E-state index in [1.54, 1.807) is 0 Å². The molecule has 2 aromatic rings. The van der Waals surface area contributed by atoms with Crippen molar-refractivity contribution < 1.29 is 9.26 Å². The van der Waals surface area contributed by atoms with Crippen LogP contribution >= 0.6 is 15.9 Å². The van der Waals surface area contributed by atoms with Gasteiger partial charge in [-0.15, -0.1) is 0 Å². The predicted octanol–water partition coefficient (Wildman–Crippen LogP) is 3.82. The van der Waals surface area contributed by atoms with Crippen molar-refractivity contribution in [2.24, 2.45) is 0 Å². The van der Waals surface area contributed by atoms with Crippen molar-refractivity contribution in [2.75, 3.05) is 0 Å². The molecule has 0 amide bonds. The molecule has 0 aliphatic rings. The SMILES string of the molecule is Cc1cc(COc2ccc(Br)cc2CNC(C)C)no1. The molecule has 4 nitrogen and oxygen atoms in total. The van der Waals surface area contributed by atoms with E-state index in [0.29, 0.717) is 12.6 Å². The third-order valence-corrected chi connectivity index (χ3v) is 3.27. The Kier molecular flexibility index (Phi) is 5.20. The molecule has 1 aromatic carbocycles. The van der Waals surface area contributed by atoms with E-state index in [9.17, 15) is 0 Å². The minimum Gasteiger partial charge on any atom is -0.487 e. The molecule has 1 aromatic heterocycles. The van der Waals surface area contributed by atoms with Crippen LogP contribution in [0.4, 0.5) is 0 Å². The number of hydrogen-bond acceptors (Lipinski definition) is 4. The smallest absolute Gasteiger partial charge is 0.134 e. The van der Waals surface area contributed by atoms with Crippen LogP contribution in [0.1, 0.15) is 30.9 Å². The Morgan fingerprint density at radius 3 is 2.80 bits per heavy atom. The topological polar surface area (TPSA) is 47.3 Å². The maximum Gasteiger partial charge on any atom is 0.134 e. The minimum atomic E-state index is 0.410. The Balaban J connectivity index is 2.05. The van der Waals surface area contributed by atoms with Crippen LogP contribution in [-0.4, -0.2) is 11.2 Å². The molecule has 5 heteroatoms. The second-order valence-electron chi connectivity index (χ2n) is 5.01. The lowest BCUT2D eigenvalue weighted by Gasteiger charge is -2.13. The van der Waals surface area contributed by atoms with Crippen molar-refractivity contribution in [3.63, 3.8) is 0 Å². The second-order valence-corrected chi connectivity index (χ2v) is 5.92. The molecule has 0 unspecified atom stereocenters. The summed E-state index contributed by atoms with van der Waals surface area (Å²) in [6.45, 7) is 7.29. The number of nitrogens with zero attached hydrogens (tertiary/aromatic N) is 1. The van der Waals surface area contributed by atoms with E-state index in [2.05, 4.69) is 46.3 Å². The molecule has 108 valence electrons. The zero-order valence-corrected chi connectivity index (χ0v) is 13.5. The summed E-state index contributed by atoms with van der Waals surface area (Å²) >= 11 is 3.49. The zero-order chi connectivity index (χ0) is 14.5. The highest BCUT2D eigenvalue weighted by Crippen LogP contribution is 2.24. The van der Waals surface area contributed by atoms with E-state index in [4.69, 9.17) is 9.26 Å². The normalized spacial score (nSPS) is 11.1. The summed E-state index contributed by atoms with van der Waals surface area (Å²) < 4.78 is 11.9. The van der Waals surface area contributed by atoms with Gasteiger partial charge >= 0.3 is 0 Å². The average Bonchev–Trinajstić information content (AvgIpc) is 2.81.